The molecule has 158 valence electrons. The van der Waals surface area contributed by atoms with Crippen LogP contribution in [0.4, 0.5) is 4.39 Å². The van der Waals surface area contributed by atoms with Crippen molar-refractivity contribution in [3.05, 3.63) is 71.5 Å². The minimum atomic E-state index is -0.707. The Morgan fingerprint density at radius 2 is 1.93 bits per heavy atom. The number of halogens is 1. The summed E-state index contributed by atoms with van der Waals surface area (Å²) in [6, 6.07) is 16.0. The highest BCUT2D eigenvalue weighted by Gasteiger charge is 2.31. The molecule has 0 bridgehead atoms. The van der Waals surface area contributed by atoms with Gasteiger partial charge in [0, 0.05) is 44.7 Å². The summed E-state index contributed by atoms with van der Waals surface area (Å²) in [4.78, 5) is 23.0. The maximum atomic E-state index is 13.5. The third-order valence-electron chi connectivity index (χ3n) is 5.67. The van der Waals surface area contributed by atoms with E-state index in [1.54, 1.807) is 12.1 Å². The SMILES string of the molecule is CN1CCN(CC(NC(=O)C2CC(c3cccc(F)c3)=NO2)c2ccccc2)CC1. The van der Waals surface area contributed by atoms with E-state index in [4.69, 9.17) is 4.84 Å². The van der Waals surface area contributed by atoms with E-state index in [2.05, 4.69) is 27.3 Å². The summed E-state index contributed by atoms with van der Waals surface area (Å²) in [6.45, 7) is 4.73. The third-order valence-corrected chi connectivity index (χ3v) is 5.67. The molecule has 0 radical (unpaired) electrons. The predicted molar refractivity (Wildman–Crippen MR) is 114 cm³/mol. The highest BCUT2D eigenvalue weighted by Crippen LogP contribution is 2.20. The number of oxime groups is 1. The number of carbonyl (C=O) groups is 1. The van der Waals surface area contributed by atoms with Gasteiger partial charge < -0.3 is 15.1 Å². The molecule has 2 unspecified atom stereocenters. The third kappa shape index (κ3) is 5.04. The van der Waals surface area contributed by atoms with Crippen molar-refractivity contribution in [2.45, 2.75) is 18.6 Å². The standard InChI is InChI=1S/C23H27FN4O2/c1-27-10-12-28(13-11-27)16-21(17-6-3-2-4-7-17)25-23(29)22-15-20(26-30-22)18-8-5-9-19(24)14-18/h2-9,14,21-22H,10-13,15-16H2,1H3,(H,25,29). The Balaban J connectivity index is 1.41. The molecule has 2 aromatic rings. The molecule has 0 spiro atoms. The average Bonchev–Trinajstić information content (AvgIpc) is 3.26. The Kier molecular flexibility index (Phi) is 6.40. The number of nitrogens with one attached hydrogen (secondary N) is 1. The van der Waals surface area contributed by atoms with Crippen LogP contribution >= 0.6 is 0 Å². The van der Waals surface area contributed by atoms with E-state index in [1.807, 2.05) is 30.3 Å². The normalized spacial score (nSPS) is 21.0. The van der Waals surface area contributed by atoms with Gasteiger partial charge in [-0.25, -0.2) is 4.39 Å². The van der Waals surface area contributed by atoms with E-state index in [0.29, 0.717) is 17.7 Å². The smallest absolute Gasteiger partial charge is 0.264 e. The van der Waals surface area contributed by atoms with Crippen LogP contribution in [0, 0.1) is 5.82 Å². The molecule has 0 saturated carbocycles. The van der Waals surface area contributed by atoms with E-state index in [9.17, 15) is 9.18 Å². The van der Waals surface area contributed by atoms with Crippen LogP contribution in [0.3, 0.4) is 0 Å². The van der Waals surface area contributed by atoms with E-state index >= 15 is 0 Å². The number of rotatable bonds is 6. The van der Waals surface area contributed by atoms with Crippen molar-refractivity contribution >= 4 is 11.6 Å². The van der Waals surface area contributed by atoms with Crippen molar-refractivity contribution in [3.8, 4) is 0 Å². The fraction of sp³-hybridized carbons (Fsp3) is 0.391. The number of benzene rings is 2. The lowest BCUT2D eigenvalue weighted by atomic mass is 10.0. The maximum absolute atomic E-state index is 13.5. The maximum Gasteiger partial charge on any atom is 0.264 e. The molecule has 0 aromatic heterocycles. The minimum Gasteiger partial charge on any atom is -0.382 e. The van der Waals surface area contributed by atoms with Crippen molar-refractivity contribution in [3.63, 3.8) is 0 Å². The van der Waals surface area contributed by atoms with Gasteiger partial charge in [0.15, 0.2) is 0 Å². The fourth-order valence-electron chi connectivity index (χ4n) is 3.83. The van der Waals surface area contributed by atoms with Crippen molar-refractivity contribution in [1.82, 2.24) is 15.1 Å². The van der Waals surface area contributed by atoms with Crippen LogP contribution in [0.1, 0.15) is 23.6 Å². The van der Waals surface area contributed by atoms with Crippen LogP contribution in [0.15, 0.2) is 59.8 Å². The molecule has 30 heavy (non-hydrogen) atoms. The summed E-state index contributed by atoms with van der Waals surface area (Å²) in [5, 5.41) is 7.18. The van der Waals surface area contributed by atoms with Gasteiger partial charge in [-0.2, -0.15) is 0 Å². The summed E-state index contributed by atoms with van der Waals surface area (Å²) in [5.74, 6) is -0.535. The quantitative estimate of drug-likeness (QED) is 0.795. The molecule has 6 nitrogen and oxygen atoms in total. The van der Waals surface area contributed by atoms with Gasteiger partial charge in [-0.3, -0.25) is 9.69 Å². The first-order chi connectivity index (χ1) is 14.6. The van der Waals surface area contributed by atoms with E-state index < -0.39 is 6.10 Å². The molecule has 7 heteroatoms. The first-order valence-electron chi connectivity index (χ1n) is 10.3. The fourth-order valence-corrected chi connectivity index (χ4v) is 3.83. The lowest BCUT2D eigenvalue weighted by Gasteiger charge is -2.35. The van der Waals surface area contributed by atoms with Gasteiger partial charge >= 0.3 is 0 Å². The first kappa shape index (κ1) is 20.5. The minimum absolute atomic E-state index is 0.135. The van der Waals surface area contributed by atoms with Crippen molar-refractivity contribution in [2.24, 2.45) is 5.16 Å². The van der Waals surface area contributed by atoms with Crippen LogP contribution in [-0.4, -0.2) is 67.3 Å². The van der Waals surface area contributed by atoms with Gasteiger partial charge in [-0.1, -0.05) is 47.6 Å². The number of likely N-dealkylation sites (N-methyl/N-ethyl adjacent to an activating group) is 1. The Bertz CT molecular complexity index is 897. The summed E-state index contributed by atoms with van der Waals surface area (Å²) in [5.41, 5.74) is 2.29. The molecule has 1 saturated heterocycles. The van der Waals surface area contributed by atoms with E-state index in [0.717, 1.165) is 38.3 Å². The summed E-state index contributed by atoms with van der Waals surface area (Å²) < 4.78 is 13.5. The second-order valence-electron chi connectivity index (χ2n) is 7.92. The largest absolute Gasteiger partial charge is 0.382 e. The zero-order valence-electron chi connectivity index (χ0n) is 17.1. The van der Waals surface area contributed by atoms with Gasteiger partial charge in [0.1, 0.15) is 5.82 Å². The average molecular weight is 410 g/mol. The lowest BCUT2D eigenvalue weighted by molar-refractivity contribution is -0.132. The molecule has 1 N–H and O–H groups in total. The second kappa shape index (κ2) is 9.36. The van der Waals surface area contributed by atoms with Crippen molar-refractivity contribution in [2.75, 3.05) is 39.8 Å². The molecular weight excluding hydrogens is 383 g/mol. The highest BCUT2D eigenvalue weighted by molar-refractivity contribution is 6.04. The lowest BCUT2D eigenvalue weighted by Crippen LogP contribution is -2.48. The molecule has 1 amide bonds. The number of hydrogen-bond acceptors (Lipinski definition) is 5. The molecule has 2 aliphatic rings. The Labute approximate surface area is 176 Å². The number of carbonyl (C=O) groups excluding carboxylic acids is 1. The molecule has 0 aliphatic carbocycles. The zero-order valence-corrected chi connectivity index (χ0v) is 17.1. The molecule has 1 fully saturated rings. The summed E-state index contributed by atoms with van der Waals surface area (Å²) >= 11 is 0. The van der Waals surface area contributed by atoms with Crippen LogP contribution in [-0.2, 0) is 9.63 Å². The summed E-state index contributed by atoms with van der Waals surface area (Å²) in [7, 11) is 2.13. The van der Waals surface area contributed by atoms with Crippen LogP contribution in [0.2, 0.25) is 0 Å². The van der Waals surface area contributed by atoms with Crippen molar-refractivity contribution < 1.29 is 14.0 Å². The molecular formula is C23H27FN4O2. The Hall–Kier alpha value is -2.77. The number of piperazine rings is 1. The Morgan fingerprint density at radius 3 is 2.67 bits per heavy atom. The summed E-state index contributed by atoms with van der Waals surface area (Å²) in [6.07, 6.45) is -0.382. The van der Waals surface area contributed by atoms with Crippen LogP contribution in [0.5, 0.6) is 0 Å². The molecule has 2 aromatic carbocycles. The van der Waals surface area contributed by atoms with E-state index in [-0.39, 0.29) is 17.8 Å². The topological polar surface area (TPSA) is 57.2 Å². The second-order valence-corrected chi connectivity index (χ2v) is 7.92. The number of nitrogens with zero attached hydrogens (tertiary/aromatic N) is 3. The molecule has 2 aliphatic heterocycles. The molecule has 2 atom stereocenters. The van der Waals surface area contributed by atoms with Gasteiger partial charge in [0.2, 0.25) is 6.10 Å². The number of hydrogen-bond donors (Lipinski definition) is 1. The van der Waals surface area contributed by atoms with Crippen LogP contribution < -0.4 is 5.32 Å². The molecule has 4 rings (SSSR count). The van der Waals surface area contributed by atoms with Crippen LogP contribution in [0.25, 0.3) is 0 Å². The van der Waals surface area contributed by atoms with Gasteiger partial charge in [-0.05, 0) is 24.7 Å². The van der Waals surface area contributed by atoms with Crippen molar-refractivity contribution in [1.29, 1.82) is 0 Å². The monoisotopic (exact) mass is 410 g/mol. The van der Waals surface area contributed by atoms with E-state index in [1.165, 1.54) is 12.1 Å². The first-order valence-corrected chi connectivity index (χ1v) is 10.3. The Morgan fingerprint density at radius 1 is 1.17 bits per heavy atom. The molecule has 2 heterocycles. The highest BCUT2D eigenvalue weighted by atomic mass is 19.1. The zero-order chi connectivity index (χ0) is 20.9. The van der Waals surface area contributed by atoms with Gasteiger partial charge in [0.25, 0.3) is 5.91 Å². The van der Waals surface area contributed by atoms with Gasteiger partial charge in [0.05, 0.1) is 11.8 Å². The van der Waals surface area contributed by atoms with Gasteiger partial charge in [-0.15, -0.1) is 0 Å². The predicted octanol–water partition coefficient (Wildman–Crippen LogP) is 2.42. The number of amides is 1.